The summed E-state index contributed by atoms with van der Waals surface area (Å²) in [6.45, 7) is 5.58. The van der Waals surface area contributed by atoms with E-state index in [0.717, 1.165) is 0 Å². The summed E-state index contributed by atoms with van der Waals surface area (Å²) < 4.78 is 0. The molecular formula is C21H28N2O2. The molecule has 134 valence electrons. The van der Waals surface area contributed by atoms with Gasteiger partial charge in [0, 0.05) is 20.1 Å². The van der Waals surface area contributed by atoms with Crippen molar-refractivity contribution < 1.29 is 9.63 Å². The van der Waals surface area contributed by atoms with Crippen molar-refractivity contribution in [2.75, 3.05) is 14.2 Å². The number of carbonyl (C=O) groups excluding carboxylic acids is 1. The van der Waals surface area contributed by atoms with Crippen LogP contribution in [0.25, 0.3) is 0 Å². The summed E-state index contributed by atoms with van der Waals surface area (Å²) in [5.74, 6) is 0.141. The van der Waals surface area contributed by atoms with Crippen LogP contribution in [-0.4, -0.2) is 36.1 Å². The summed E-state index contributed by atoms with van der Waals surface area (Å²) >= 11 is 0. The molecule has 2 rings (SSSR count). The fraction of sp³-hybridized carbons (Fsp3) is 0.381. The van der Waals surface area contributed by atoms with Crippen LogP contribution >= 0.6 is 0 Å². The summed E-state index contributed by atoms with van der Waals surface area (Å²) in [5, 5.41) is 1.33. The molecule has 0 unspecified atom stereocenters. The summed E-state index contributed by atoms with van der Waals surface area (Å²) in [6.07, 6.45) is 0. The minimum absolute atomic E-state index is 0.0237. The maximum atomic E-state index is 12.9. The lowest BCUT2D eigenvalue weighted by Crippen LogP contribution is -2.49. The standard InChI is InChI=1S/C21H28N2O2/c1-17(2)20(21(24)22(3)25-4)23(15-18-11-7-5-8-12-18)16-19-13-9-6-10-14-19/h5-14,17,20H,15-16H2,1-4H3/t20-/m0/s1. The number of hydrogen-bond donors (Lipinski definition) is 0. The summed E-state index contributed by atoms with van der Waals surface area (Å²) in [6, 6.07) is 20.3. The molecular weight excluding hydrogens is 312 g/mol. The van der Waals surface area contributed by atoms with E-state index in [4.69, 9.17) is 4.84 Å². The van der Waals surface area contributed by atoms with E-state index in [-0.39, 0.29) is 17.9 Å². The lowest BCUT2D eigenvalue weighted by atomic mass is 9.99. The number of hydrogen-bond acceptors (Lipinski definition) is 3. The number of rotatable bonds is 8. The highest BCUT2D eigenvalue weighted by atomic mass is 16.7. The van der Waals surface area contributed by atoms with E-state index in [2.05, 4.69) is 43.0 Å². The van der Waals surface area contributed by atoms with Crippen molar-refractivity contribution in [2.45, 2.75) is 33.0 Å². The second-order valence-electron chi connectivity index (χ2n) is 6.58. The predicted octanol–water partition coefficient (Wildman–Crippen LogP) is 3.73. The van der Waals surface area contributed by atoms with Crippen LogP contribution < -0.4 is 0 Å². The molecule has 0 bridgehead atoms. The molecule has 0 saturated heterocycles. The van der Waals surface area contributed by atoms with Crippen LogP contribution in [-0.2, 0) is 22.7 Å². The van der Waals surface area contributed by atoms with Gasteiger partial charge in [0.1, 0.15) is 0 Å². The van der Waals surface area contributed by atoms with E-state index in [9.17, 15) is 4.79 Å². The van der Waals surface area contributed by atoms with Crippen LogP contribution in [0.1, 0.15) is 25.0 Å². The molecule has 0 radical (unpaired) electrons. The van der Waals surface area contributed by atoms with E-state index >= 15 is 0 Å². The zero-order valence-corrected chi connectivity index (χ0v) is 15.6. The summed E-state index contributed by atoms with van der Waals surface area (Å²) in [5.41, 5.74) is 2.38. The Balaban J connectivity index is 2.31. The molecule has 2 aromatic carbocycles. The molecule has 0 aliphatic rings. The zero-order valence-electron chi connectivity index (χ0n) is 15.6. The number of nitrogens with zero attached hydrogens (tertiary/aromatic N) is 2. The van der Waals surface area contributed by atoms with Gasteiger partial charge in [-0.1, -0.05) is 74.5 Å². The average Bonchev–Trinajstić information content (AvgIpc) is 2.62. The van der Waals surface area contributed by atoms with Crippen molar-refractivity contribution in [3.05, 3.63) is 71.8 Å². The monoisotopic (exact) mass is 340 g/mol. The van der Waals surface area contributed by atoms with Crippen molar-refractivity contribution in [3.8, 4) is 0 Å². The van der Waals surface area contributed by atoms with Crippen LogP contribution in [0.5, 0.6) is 0 Å². The lowest BCUT2D eigenvalue weighted by molar-refractivity contribution is -0.177. The second-order valence-corrected chi connectivity index (χ2v) is 6.58. The van der Waals surface area contributed by atoms with Gasteiger partial charge in [-0.15, -0.1) is 0 Å². The Bertz CT molecular complexity index is 602. The third kappa shape index (κ3) is 5.41. The van der Waals surface area contributed by atoms with Crippen molar-refractivity contribution in [1.29, 1.82) is 0 Å². The molecule has 0 spiro atoms. The molecule has 0 aliphatic carbocycles. The molecule has 1 amide bonds. The fourth-order valence-corrected chi connectivity index (χ4v) is 3.03. The van der Waals surface area contributed by atoms with Gasteiger partial charge in [-0.05, 0) is 17.0 Å². The molecule has 2 aromatic rings. The number of benzene rings is 2. The molecule has 0 aromatic heterocycles. The Labute approximate surface area is 151 Å². The molecule has 25 heavy (non-hydrogen) atoms. The summed E-state index contributed by atoms with van der Waals surface area (Å²) in [4.78, 5) is 20.3. The minimum atomic E-state index is -0.259. The van der Waals surface area contributed by atoms with Gasteiger partial charge >= 0.3 is 0 Å². The van der Waals surface area contributed by atoms with Crippen molar-refractivity contribution in [3.63, 3.8) is 0 Å². The Morgan fingerprint density at radius 2 is 1.36 bits per heavy atom. The van der Waals surface area contributed by atoms with Gasteiger partial charge in [0.15, 0.2) is 0 Å². The van der Waals surface area contributed by atoms with E-state index < -0.39 is 0 Å². The predicted molar refractivity (Wildman–Crippen MR) is 101 cm³/mol. The lowest BCUT2D eigenvalue weighted by Gasteiger charge is -2.35. The molecule has 0 N–H and O–H groups in total. The van der Waals surface area contributed by atoms with Gasteiger partial charge in [0.05, 0.1) is 13.2 Å². The third-order valence-corrected chi connectivity index (χ3v) is 4.32. The van der Waals surface area contributed by atoms with Crippen LogP contribution in [0.3, 0.4) is 0 Å². The largest absolute Gasteiger partial charge is 0.283 e. The molecule has 4 heteroatoms. The van der Waals surface area contributed by atoms with Gasteiger partial charge in [0.25, 0.3) is 5.91 Å². The van der Waals surface area contributed by atoms with Gasteiger partial charge < -0.3 is 0 Å². The summed E-state index contributed by atoms with van der Waals surface area (Å²) in [7, 11) is 3.19. The molecule has 0 fully saturated rings. The minimum Gasteiger partial charge on any atom is -0.283 e. The normalized spacial score (nSPS) is 12.4. The highest BCUT2D eigenvalue weighted by Gasteiger charge is 2.31. The Morgan fingerprint density at radius 1 is 0.920 bits per heavy atom. The number of amides is 1. The highest BCUT2D eigenvalue weighted by Crippen LogP contribution is 2.20. The molecule has 0 saturated carbocycles. The molecule has 4 nitrogen and oxygen atoms in total. The first-order valence-corrected chi connectivity index (χ1v) is 8.66. The maximum Gasteiger partial charge on any atom is 0.263 e. The van der Waals surface area contributed by atoms with Gasteiger partial charge in [-0.25, -0.2) is 5.06 Å². The van der Waals surface area contributed by atoms with E-state index in [1.807, 2.05) is 36.4 Å². The van der Waals surface area contributed by atoms with Gasteiger partial charge in [0.2, 0.25) is 0 Å². The first-order valence-electron chi connectivity index (χ1n) is 8.66. The van der Waals surface area contributed by atoms with Crippen LogP contribution in [0, 0.1) is 5.92 Å². The van der Waals surface area contributed by atoms with Crippen LogP contribution in [0.15, 0.2) is 60.7 Å². The van der Waals surface area contributed by atoms with Crippen molar-refractivity contribution in [1.82, 2.24) is 9.96 Å². The Morgan fingerprint density at radius 3 is 1.72 bits per heavy atom. The maximum absolute atomic E-state index is 12.9. The van der Waals surface area contributed by atoms with E-state index in [1.54, 1.807) is 7.05 Å². The van der Waals surface area contributed by atoms with Crippen LogP contribution in [0.4, 0.5) is 0 Å². The highest BCUT2D eigenvalue weighted by molar-refractivity contribution is 5.81. The topological polar surface area (TPSA) is 32.8 Å². The quantitative estimate of drug-likeness (QED) is 0.687. The molecule has 0 heterocycles. The number of likely N-dealkylation sites (N-methyl/N-ethyl adjacent to an activating group) is 1. The van der Waals surface area contributed by atoms with Crippen molar-refractivity contribution >= 4 is 5.91 Å². The fourth-order valence-electron chi connectivity index (χ4n) is 3.03. The Hall–Kier alpha value is -2.17. The van der Waals surface area contributed by atoms with Gasteiger partial charge in [-0.3, -0.25) is 14.5 Å². The SMILES string of the molecule is CON(C)C(=O)[C@H](C(C)C)N(Cc1ccccc1)Cc1ccccc1. The second kappa shape index (κ2) is 9.35. The van der Waals surface area contributed by atoms with E-state index in [1.165, 1.54) is 23.3 Å². The molecule has 0 aliphatic heterocycles. The van der Waals surface area contributed by atoms with E-state index in [0.29, 0.717) is 13.1 Å². The smallest absolute Gasteiger partial charge is 0.263 e. The number of hydroxylamine groups is 2. The van der Waals surface area contributed by atoms with Crippen LogP contribution in [0.2, 0.25) is 0 Å². The third-order valence-electron chi connectivity index (χ3n) is 4.32. The zero-order chi connectivity index (χ0) is 18.2. The van der Waals surface area contributed by atoms with Gasteiger partial charge in [-0.2, -0.15) is 0 Å². The average molecular weight is 340 g/mol. The van der Waals surface area contributed by atoms with Crippen molar-refractivity contribution in [2.24, 2.45) is 5.92 Å². The Kier molecular flexibility index (Phi) is 7.16. The number of carbonyl (C=O) groups is 1. The first-order chi connectivity index (χ1) is 12.0. The molecule has 1 atom stereocenters. The first kappa shape index (κ1) is 19.2.